The lowest BCUT2D eigenvalue weighted by molar-refractivity contribution is 0.425. The molecule has 1 nitrogen and oxygen atoms in total. The molecule has 0 saturated heterocycles. The molecular formula is C35H35N. The summed E-state index contributed by atoms with van der Waals surface area (Å²) >= 11 is 0. The van der Waals surface area contributed by atoms with E-state index in [0.717, 1.165) is 0 Å². The second-order valence-electron chi connectivity index (χ2n) is 12.4. The van der Waals surface area contributed by atoms with Gasteiger partial charge in [-0.15, -0.1) is 0 Å². The van der Waals surface area contributed by atoms with Gasteiger partial charge in [-0.25, -0.2) is 0 Å². The van der Waals surface area contributed by atoms with Crippen LogP contribution in [0.15, 0.2) is 108 Å². The molecule has 3 aliphatic carbocycles. The van der Waals surface area contributed by atoms with Crippen LogP contribution in [0.1, 0.15) is 63.8 Å². The third-order valence-corrected chi connectivity index (χ3v) is 9.99. The average Bonchev–Trinajstić information content (AvgIpc) is 3.13. The molecule has 0 bridgehead atoms. The topological polar surface area (TPSA) is 12.0 Å². The van der Waals surface area contributed by atoms with Crippen LogP contribution in [0, 0.1) is 5.92 Å². The summed E-state index contributed by atoms with van der Waals surface area (Å²) in [6.45, 7) is 14.7. The van der Waals surface area contributed by atoms with Gasteiger partial charge in [0.1, 0.15) is 0 Å². The maximum atomic E-state index is 4.15. The number of anilines is 1. The Morgan fingerprint density at radius 3 is 2.00 bits per heavy atom. The Morgan fingerprint density at radius 1 is 0.639 bits per heavy atom. The minimum Gasteiger partial charge on any atom is -0.372 e. The van der Waals surface area contributed by atoms with Gasteiger partial charge in [0.05, 0.1) is 5.54 Å². The van der Waals surface area contributed by atoms with Crippen LogP contribution in [-0.4, -0.2) is 5.54 Å². The van der Waals surface area contributed by atoms with Gasteiger partial charge >= 0.3 is 0 Å². The molecule has 4 aliphatic rings. The summed E-state index contributed by atoms with van der Waals surface area (Å²) in [5.74, 6) is 0.313. The average molecular weight is 470 g/mol. The summed E-state index contributed by atoms with van der Waals surface area (Å²) in [4.78, 5) is 0. The van der Waals surface area contributed by atoms with Gasteiger partial charge in [-0.2, -0.15) is 0 Å². The lowest BCUT2D eigenvalue weighted by Crippen LogP contribution is -2.58. The van der Waals surface area contributed by atoms with E-state index in [-0.39, 0.29) is 21.8 Å². The van der Waals surface area contributed by atoms with Crippen molar-refractivity contribution >= 4 is 11.3 Å². The summed E-state index contributed by atoms with van der Waals surface area (Å²) in [6, 6.07) is 29.2. The molecule has 0 fully saturated rings. The van der Waals surface area contributed by atoms with E-state index in [2.05, 4.69) is 138 Å². The van der Waals surface area contributed by atoms with Crippen molar-refractivity contribution in [1.29, 1.82) is 0 Å². The Bertz CT molecular complexity index is 1530. The number of benzene rings is 3. The Labute approximate surface area is 215 Å². The molecule has 0 aromatic heterocycles. The molecular weight excluding hydrogens is 434 g/mol. The van der Waals surface area contributed by atoms with Crippen molar-refractivity contribution in [2.45, 2.75) is 63.3 Å². The molecule has 1 aliphatic heterocycles. The Hall–Kier alpha value is -3.32. The molecule has 1 N–H and O–H groups in total. The molecule has 180 valence electrons. The van der Waals surface area contributed by atoms with E-state index in [1.807, 2.05) is 0 Å². The molecule has 4 unspecified atom stereocenters. The first kappa shape index (κ1) is 21.9. The predicted molar refractivity (Wildman–Crippen MR) is 151 cm³/mol. The fraction of sp³-hybridized carbons (Fsp3) is 0.314. The first-order valence-corrected chi connectivity index (χ1v) is 13.4. The Kier molecular flexibility index (Phi) is 4.08. The zero-order valence-corrected chi connectivity index (χ0v) is 22.2. The van der Waals surface area contributed by atoms with Crippen LogP contribution in [-0.2, 0) is 16.2 Å². The van der Waals surface area contributed by atoms with Crippen LogP contribution in [0.4, 0.5) is 5.69 Å². The van der Waals surface area contributed by atoms with E-state index >= 15 is 0 Å². The van der Waals surface area contributed by atoms with E-state index in [1.54, 1.807) is 16.7 Å². The molecule has 0 spiro atoms. The largest absolute Gasteiger partial charge is 0.372 e. The monoisotopic (exact) mass is 469 g/mol. The van der Waals surface area contributed by atoms with E-state index in [9.17, 15) is 0 Å². The minimum atomic E-state index is -0.288. The zero-order valence-electron chi connectivity index (χ0n) is 22.2. The predicted octanol–water partition coefficient (Wildman–Crippen LogP) is 8.35. The Morgan fingerprint density at radius 2 is 1.25 bits per heavy atom. The number of allylic oxidation sites excluding steroid dienone is 4. The fourth-order valence-corrected chi connectivity index (χ4v) is 8.68. The molecule has 1 heterocycles. The SMILES string of the molecule is CC1C2=C(C3(C)Nc4ccccc4C4(C)C=CC(C)(c5ccccc5)C1=C34)C(C)(C)c1ccccc12. The highest BCUT2D eigenvalue weighted by Crippen LogP contribution is 2.67. The van der Waals surface area contributed by atoms with Gasteiger partial charge in [-0.05, 0) is 71.4 Å². The quantitative estimate of drug-likeness (QED) is 0.353. The van der Waals surface area contributed by atoms with Crippen molar-refractivity contribution in [3.8, 4) is 0 Å². The first-order chi connectivity index (χ1) is 17.1. The number of hydrogen-bond donors (Lipinski definition) is 1. The summed E-state index contributed by atoms with van der Waals surface area (Å²) < 4.78 is 0. The van der Waals surface area contributed by atoms with Crippen molar-refractivity contribution in [3.05, 3.63) is 130 Å². The van der Waals surface area contributed by atoms with Gasteiger partial charge in [0.15, 0.2) is 0 Å². The van der Waals surface area contributed by atoms with Gasteiger partial charge in [-0.3, -0.25) is 0 Å². The normalized spacial score (nSPS) is 32.9. The van der Waals surface area contributed by atoms with Crippen LogP contribution in [0.5, 0.6) is 0 Å². The summed E-state index contributed by atoms with van der Waals surface area (Å²) in [6.07, 6.45) is 5.03. The third kappa shape index (κ3) is 2.37. The number of para-hydroxylation sites is 1. The van der Waals surface area contributed by atoms with Crippen LogP contribution in [0.3, 0.4) is 0 Å². The lowest BCUT2D eigenvalue weighted by atomic mass is 9.48. The molecule has 0 saturated carbocycles. The van der Waals surface area contributed by atoms with E-state index in [0.29, 0.717) is 5.92 Å². The third-order valence-electron chi connectivity index (χ3n) is 9.99. The first-order valence-electron chi connectivity index (χ1n) is 13.4. The molecule has 0 radical (unpaired) electrons. The smallest absolute Gasteiger partial charge is 0.0800 e. The number of hydrogen-bond acceptors (Lipinski definition) is 1. The number of nitrogens with one attached hydrogen (secondary N) is 1. The van der Waals surface area contributed by atoms with E-state index < -0.39 is 0 Å². The highest BCUT2D eigenvalue weighted by atomic mass is 15.0. The van der Waals surface area contributed by atoms with Crippen LogP contribution in [0.2, 0.25) is 0 Å². The summed E-state index contributed by atoms with van der Waals surface area (Å²) in [5.41, 5.74) is 12.4. The zero-order chi connectivity index (χ0) is 25.1. The molecule has 3 aromatic carbocycles. The van der Waals surface area contributed by atoms with E-state index in [4.69, 9.17) is 0 Å². The Balaban J connectivity index is 1.62. The highest BCUT2D eigenvalue weighted by molar-refractivity contribution is 5.91. The van der Waals surface area contributed by atoms with E-state index in [1.165, 1.54) is 33.5 Å². The maximum absolute atomic E-state index is 4.15. The highest BCUT2D eigenvalue weighted by Gasteiger charge is 2.61. The van der Waals surface area contributed by atoms with Gasteiger partial charge in [0, 0.05) is 27.9 Å². The molecule has 1 heteroatoms. The van der Waals surface area contributed by atoms with Crippen LogP contribution >= 0.6 is 0 Å². The minimum absolute atomic E-state index is 0.0576. The van der Waals surface area contributed by atoms with Crippen LogP contribution in [0.25, 0.3) is 5.57 Å². The molecule has 0 amide bonds. The van der Waals surface area contributed by atoms with Crippen molar-refractivity contribution in [2.75, 3.05) is 5.32 Å². The van der Waals surface area contributed by atoms with Gasteiger partial charge in [-0.1, -0.05) is 106 Å². The van der Waals surface area contributed by atoms with Gasteiger partial charge in [0.25, 0.3) is 0 Å². The standard InChI is InChI=1S/C35H35N/c1-22-28-24-16-10-11-17-25(24)32(2,3)30(28)35(6)31-29(22)33(4,23-14-8-7-9-15-23)20-21-34(31,5)26-18-12-13-19-27(26)36-35/h7-22,36H,1-6H3. The van der Waals surface area contributed by atoms with Crippen molar-refractivity contribution in [1.82, 2.24) is 0 Å². The summed E-state index contributed by atoms with van der Waals surface area (Å²) in [5, 5.41) is 4.15. The molecule has 4 atom stereocenters. The molecule has 3 aromatic rings. The number of rotatable bonds is 1. The van der Waals surface area contributed by atoms with Crippen molar-refractivity contribution in [3.63, 3.8) is 0 Å². The second-order valence-corrected chi connectivity index (χ2v) is 12.4. The fourth-order valence-electron chi connectivity index (χ4n) is 8.68. The number of fused-ring (bicyclic) bond motifs is 5. The summed E-state index contributed by atoms with van der Waals surface area (Å²) in [7, 11) is 0. The van der Waals surface area contributed by atoms with Crippen molar-refractivity contribution in [2.24, 2.45) is 5.92 Å². The molecule has 36 heavy (non-hydrogen) atoms. The van der Waals surface area contributed by atoms with Crippen LogP contribution < -0.4 is 5.32 Å². The lowest BCUT2D eigenvalue weighted by Gasteiger charge is -2.59. The van der Waals surface area contributed by atoms with Crippen molar-refractivity contribution < 1.29 is 0 Å². The van der Waals surface area contributed by atoms with Gasteiger partial charge < -0.3 is 5.32 Å². The second kappa shape index (κ2) is 6.71. The maximum Gasteiger partial charge on any atom is 0.0800 e. The molecule has 7 rings (SSSR count). The van der Waals surface area contributed by atoms with Gasteiger partial charge in [0.2, 0.25) is 0 Å².